The lowest BCUT2D eigenvalue weighted by Gasteiger charge is -2.24. The Balaban J connectivity index is 1.89. The van der Waals surface area contributed by atoms with E-state index in [0.717, 1.165) is 22.7 Å². The summed E-state index contributed by atoms with van der Waals surface area (Å²) in [5.74, 6) is -0.301. The lowest BCUT2D eigenvalue weighted by Crippen LogP contribution is -2.38. The van der Waals surface area contributed by atoms with Crippen LogP contribution >= 0.6 is 0 Å². The van der Waals surface area contributed by atoms with E-state index in [2.05, 4.69) is 10.6 Å². The average Bonchev–Trinajstić information content (AvgIpc) is 2.88. The number of amides is 2. The van der Waals surface area contributed by atoms with Crippen molar-refractivity contribution < 1.29 is 22.7 Å². The molecule has 9 heteroatoms. The first-order valence-electron chi connectivity index (χ1n) is 12.3. The Hall–Kier alpha value is -3.85. The first kappa shape index (κ1) is 27.7. The lowest BCUT2D eigenvalue weighted by molar-refractivity contribution is -0.114. The molecule has 196 valence electrons. The maximum absolute atomic E-state index is 13.6. The number of unbranched alkanes of at least 4 members (excludes halogenated alkanes) is 1. The van der Waals surface area contributed by atoms with Gasteiger partial charge in [-0.15, -0.1) is 0 Å². The van der Waals surface area contributed by atoms with Crippen molar-refractivity contribution in [2.24, 2.45) is 0 Å². The maximum atomic E-state index is 13.6. The van der Waals surface area contributed by atoms with E-state index in [4.69, 9.17) is 4.74 Å². The van der Waals surface area contributed by atoms with Crippen LogP contribution in [0.5, 0.6) is 5.75 Å². The van der Waals surface area contributed by atoms with Crippen LogP contribution in [0.25, 0.3) is 0 Å². The predicted molar refractivity (Wildman–Crippen MR) is 146 cm³/mol. The quantitative estimate of drug-likeness (QED) is 0.333. The minimum atomic E-state index is -4.07. The second kappa shape index (κ2) is 12.9. The van der Waals surface area contributed by atoms with Crippen molar-refractivity contribution in [2.75, 3.05) is 29.3 Å². The second-order valence-electron chi connectivity index (χ2n) is 8.45. The van der Waals surface area contributed by atoms with Crippen LogP contribution in [-0.4, -0.2) is 39.9 Å². The summed E-state index contributed by atoms with van der Waals surface area (Å²) in [6.07, 6.45) is 1.78. The highest BCUT2D eigenvalue weighted by molar-refractivity contribution is 7.92. The molecular formula is C28H33N3O5S. The molecule has 0 aliphatic carbocycles. The summed E-state index contributed by atoms with van der Waals surface area (Å²) >= 11 is 0. The zero-order chi connectivity index (χ0) is 26.8. The molecule has 0 fully saturated rings. The first-order chi connectivity index (χ1) is 17.8. The number of rotatable bonds is 12. The molecule has 3 rings (SSSR count). The summed E-state index contributed by atoms with van der Waals surface area (Å²) < 4.78 is 33.7. The second-order valence-corrected chi connectivity index (χ2v) is 10.3. The molecule has 0 aliphatic rings. The van der Waals surface area contributed by atoms with Gasteiger partial charge in [-0.3, -0.25) is 13.9 Å². The van der Waals surface area contributed by atoms with E-state index in [9.17, 15) is 18.0 Å². The van der Waals surface area contributed by atoms with Crippen LogP contribution < -0.4 is 19.7 Å². The molecule has 0 saturated heterocycles. The van der Waals surface area contributed by atoms with Crippen molar-refractivity contribution in [3.63, 3.8) is 0 Å². The summed E-state index contributed by atoms with van der Waals surface area (Å²) in [7, 11) is -4.07. The van der Waals surface area contributed by atoms with E-state index in [1.54, 1.807) is 60.7 Å². The highest BCUT2D eigenvalue weighted by Crippen LogP contribution is 2.26. The lowest BCUT2D eigenvalue weighted by atomic mass is 10.1. The Morgan fingerprint density at radius 2 is 1.59 bits per heavy atom. The van der Waals surface area contributed by atoms with Gasteiger partial charge in [0.15, 0.2) is 0 Å². The van der Waals surface area contributed by atoms with Crippen LogP contribution in [-0.2, 0) is 14.8 Å². The first-order valence-corrected chi connectivity index (χ1v) is 13.7. The topological polar surface area (TPSA) is 105 Å². The number of hydrogen-bond donors (Lipinski definition) is 2. The van der Waals surface area contributed by atoms with Gasteiger partial charge in [-0.1, -0.05) is 43.2 Å². The molecule has 0 heterocycles. The van der Waals surface area contributed by atoms with Crippen molar-refractivity contribution in [1.29, 1.82) is 0 Å². The van der Waals surface area contributed by atoms with Gasteiger partial charge in [0.05, 0.1) is 28.4 Å². The molecule has 2 N–H and O–H groups in total. The van der Waals surface area contributed by atoms with E-state index in [1.165, 1.54) is 12.1 Å². The monoisotopic (exact) mass is 523 g/mol. The molecule has 0 aromatic heterocycles. The molecule has 0 atom stereocenters. The zero-order valence-electron chi connectivity index (χ0n) is 21.4. The SMILES string of the molecule is CCCCNC(=O)c1ccccc1NC(=O)CN(c1ccc(OCC)cc1)S(=O)(=O)c1ccc(C)cc1. The standard InChI is InChI=1S/C28H33N3O5S/c1-4-6-19-29-28(33)25-9-7-8-10-26(25)30-27(32)20-31(22-13-15-23(16-14-22)36-5-2)37(34,35)24-17-11-21(3)12-18-24/h7-18H,4-6,19-20H2,1-3H3,(H,29,33)(H,30,32). The highest BCUT2D eigenvalue weighted by atomic mass is 32.2. The number of anilines is 2. The predicted octanol–water partition coefficient (Wildman–Crippen LogP) is 4.76. The minimum Gasteiger partial charge on any atom is -0.494 e. The average molecular weight is 524 g/mol. The van der Waals surface area contributed by atoms with E-state index < -0.39 is 22.5 Å². The maximum Gasteiger partial charge on any atom is 0.264 e. The number of carbonyl (C=O) groups excluding carboxylic acids is 2. The van der Waals surface area contributed by atoms with Gasteiger partial charge in [-0.25, -0.2) is 8.42 Å². The molecule has 37 heavy (non-hydrogen) atoms. The summed E-state index contributed by atoms with van der Waals surface area (Å²) in [5.41, 5.74) is 1.84. The van der Waals surface area contributed by atoms with Crippen molar-refractivity contribution in [3.05, 3.63) is 83.9 Å². The Labute approximate surface area is 218 Å². The van der Waals surface area contributed by atoms with Gasteiger partial charge < -0.3 is 15.4 Å². The molecule has 3 aromatic rings. The van der Waals surface area contributed by atoms with Gasteiger partial charge >= 0.3 is 0 Å². The molecule has 3 aromatic carbocycles. The van der Waals surface area contributed by atoms with Crippen LogP contribution in [0.1, 0.15) is 42.6 Å². The summed E-state index contributed by atoms with van der Waals surface area (Å²) in [6, 6.07) is 19.6. The Bertz CT molecular complexity index is 1310. The smallest absolute Gasteiger partial charge is 0.264 e. The number of nitrogens with one attached hydrogen (secondary N) is 2. The van der Waals surface area contributed by atoms with Crippen LogP contribution in [0.2, 0.25) is 0 Å². The van der Waals surface area contributed by atoms with Crippen molar-refractivity contribution in [2.45, 2.75) is 38.5 Å². The number of sulfonamides is 1. The molecule has 2 amide bonds. The fourth-order valence-electron chi connectivity index (χ4n) is 3.61. The molecule has 0 radical (unpaired) electrons. The normalized spacial score (nSPS) is 11.0. The largest absolute Gasteiger partial charge is 0.494 e. The van der Waals surface area contributed by atoms with E-state index >= 15 is 0 Å². The summed E-state index contributed by atoms with van der Waals surface area (Å²) in [5, 5.41) is 5.55. The zero-order valence-corrected chi connectivity index (χ0v) is 22.2. The third-order valence-electron chi connectivity index (χ3n) is 5.59. The Morgan fingerprint density at radius 1 is 0.919 bits per heavy atom. The molecule has 0 bridgehead atoms. The van der Waals surface area contributed by atoms with Gasteiger partial charge in [0.2, 0.25) is 5.91 Å². The van der Waals surface area contributed by atoms with Crippen molar-refractivity contribution >= 4 is 33.2 Å². The Kier molecular flexibility index (Phi) is 9.68. The number of benzene rings is 3. The molecule has 8 nitrogen and oxygen atoms in total. The van der Waals surface area contributed by atoms with Crippen molar-refractivity contribution in [1.82, 2.24) is 5.32 Å². The van der Waals surface area contributed by atoms with Gasteiger partial charge in [0, 0.05) is 6.54 Å². The number of ether oxygens (including phenoxy) is 1. The minimum absolute atomic E-state index is 0.0653. The van der Waals surface area contributed by atoms with Gasteiger partial charge in [0.1, 0.15) is 12.3 Å². The number of nitrogens with zero attached hydrogens (tertiary/aromatic N) is 1. The van der Waals surface area contributed by atoms with Gasteiger partial charge in [-0.2, -0.15) is 0 Å². The van der Waals surface area contributed by atoms with E-state index in [-0.39, 0.29) is 10.8 Å². The van der Waals surface area contributed by atoms with Crippen molar-refractivity contribution in [3.8, 4) is 5.75 Å². The van der Waals surface area contributed by atoms with Gasteiger partial charge in [0.25, 0.3) is 15.9 Å². The van der Waals surface area contributed by atoms with E-state index in [1.807, 2.05) is 20.8 Å². The van der Waals surface area contributed by atoms with Gasteiger partial charge in [-0.05, 0) is 68.8 Å². The number of carbonyl (C=O) groups is 2. The molecular weight excluding hydrogens is 490 g/mol. The van der Waals surface area contributed by atoms with Crippen LogP contribution in [0.3, 0.4) is 0 Å². The molecule has 0 saturated carbocycles. The highest BCUT2D eigenvalue weighted by Gasteiger charge is 2.28. The van der Waals surface area contributed by atoms with Crippen LogP contribution in [0.4, 0.5) is 11.4 Å². The fraction of sp³-hybridized carbons (Fsp3) is 0.286. The van der Waals surface area contributed by atoms with Crippen LogP contribution in [0.15, 0.2) is 77.7 Å². The number of para-hydroxylation sites is 1. The Morgan fingerprint density at radius 3 is 2.24 bits per heavy atom. The van der Waals surface area contributed by atoms with E-state index in [0.29, 0.717) is 35.8 Å². The summed E-state index contributed by atoms with van der Waals surface area (Å²) in [4.78, 5) is 25.9. The van der Waals surface area contributed by atoms with Crippen LogP contribution in [0, 0.1) is 6.92 Å². The third-order valence-corrected chi connectivity index (χ3v) is 7.38. The molecule has 0 spiro atoms. The summed E-state index contributed by atoms with van der Waals surface area (Å²) in [6.45, 7) is 6.26. The molecule has 0 aliphatic heterocycles. The third kappa shape index (κ3) is 7.33. The fourth-order valence-corrected chi connectivity index (χ4v) is 5.03. The number of aryl methyl sites for hydroxylation is 1. The number of hydrogen-bond acceptors (Lipinski definition) is 5. The molecule has 0 unspecified atom stereocenters.